The van der Waals surface area contributed by atoms with Gasteiger partial charge in [-0.25, -0.2) is 14.3 Å². The van der Waals surface area contributed by atoms with Crippen LogP contribution in [0.5, 0.6) is 0 Å². The van der Waals surface area contributed by atoms with Gasteiger partial charge in [-0.15, -0.1) is 0 Å². The van der Waals surface area contributed by atoms with Gasteiger partial charge < -0.3 is 4.74 Å². The Morgan fingerprint density at radius 3 is 3.06 bits per heavy atom. The van der Waals surface area contributed by atoms with E-state index >= 15 is 0 Å². The van der Waals surface area contributed by atoms with E-state index < -0.39 is 12.0 Å². The van der Waals surface area contributed by atoms with Gasteiger partial charge in [0.05, 0.1) is 18.3 Å². The summed E-state index contributed by atoms with van der Waals surface area (Å²) < 4.78 is 7.41. The lowest BCUT2D eigenvalue weighted by Crippen LogP contribution is -2.34. The predicted molar refractivity (Wildman–Crippen MR) is 60.8 cm³/mol. The molecule has 0 saturated carbocycles. The number of fused-ring (bicyclic) bond motifs is 1. The molecule has 0 fully saturated rings. The Balaban J connectivity index is 2.45. The molecule has 0 unspecified atom stereocenters. The van der Waals surface area contributed by atoms with Crippen molar-refractivity contribution in [2.45, 2.75) is 19.9 Å². The second kappa shape index (κ2) is 4.40. The summed E-state index contributed by atoms with van der Waals surface area (Å²) in [6, 6.07) is 2.79. The minimum Gasteiger partial charge on any atom is -0.464 e. The molecule has 6 nitrogen and oxygen atoms in total. The minimum atomic E-state index is -0.728. The van der Waals surface area contributed by atoms with Crippen LogP contribution < -0.4 is 5.69 Å². The fraction of sp³-hybridized carbons (Fsp3) is 0.364. The van der Waals surface area contributed by atoms with Crippen molar-refractivity contribution < 1.29 is 9.53 Å². The van der Waals surface area contributed by atoms with E-state index in [1.54, 1.807) is 32.2 Å². The Kier molecular flexibility index (Phi) is 2.95. The maximum absolute atomic E-state index is 12.0. The van der Waals surface area contributed by atoms with Crippen LogP contribution in [0.3, 0.4) is 0 Å². The second-order valence-corrected chi connectivity index (χ2v) is 3.60. The lowest BCUT2D eigenvalue weighted by molar-refractivity contribution is -0.147. The highest BCUT2D eigenvalue weighted by atomic mass is 16.5. The maximum Gasteiger partial charge on any atom is 0.349 e. The fourth-order valence-corrected chi connectivity index (χ4v) is 1.58. The van der Waals surface area contributed by atoms with E-state index in [9.17, 15) is 9.59 Å². The fourth-order valence-electron chi connectivity index (χ4n) is 1.58. The van der Waals surface area contributed by atoms with Gasteiger partial charge in [-0.2, -0.15) is 5.10 Å². The van der Waals surface area contributed by atoms with Gasteiger partial charge >= 0.3 is 11.7 Å². The van der Waals surface area contributed by atoms with Crippen LogP contribution in [0.25, 0.3) is 5.52 Å². The molecular weight excluding hydrogens is 222 g/mol. The number of rotatable bonds is 3. The monoisotopic (exact) mass is 235 g/mol. The van der Waals surface area contributed by atoms with Crippen molar-refractivity contribution in [2.24, 2.45) is 0 Å². The molecule has 0 saturated heterocycles. The van der Waals surface area contributed by atoms with Gasteiger partial charge in [-0.05, 0) is 26.0 Å². The summed E-state index contributed by atoms with van der Waals surface area (Å²) in [5.74, 6) is -0.464. The zero-order chi connectivity index (χ0) is 12.4. The molecule has 0 aliphatic rings. The molecule has 6 heteroatoms. The van der Waals surface area contributed by atoms with Gasteiger partial charge in [0.2, 0.25) is 0 Å². The molecule has 2 aromatic heterocycles. The number of hydrogen-bond acceptors (Lipinski definition) is 4. The molecule has 1 atom stereocenters. The van der Waals surface area contributed by atoms with Crippen LogP contribution in [0.1, 0.15) is 19.9 Å². The summed E-state index contributed by atoms with van der Waals surface area (Å²) in [6.07, 6.45) is 3.17. The van der Waals surface area contributed by atoms with E-state index in [1.165, 1.54) is 10.6 Å². The zero-order valence-corrected chi connectivity index (χ0v) is 9.66. The molecule has 0 radical (unpaired) electrons. The number of nitrogens with zero attached hydrogens (tertiary/aromatic N) is 3. The standard InChI is InChI=1S/C11H13N3O3/c1-3-17-10(15)8(2)14-11(16)13-6-4-5-9(13)7-12-14/h4-8H,3H2,1-2H3/t8-/m1/s1. The first-order valence-corrected chi connectivity index (χ1v) is 5.36. The van der Waals surface area contributed by atoms with Crippen LogP contribution in [-0.4, -0.2) is 26.8 Å². The number of carbonyl (C=O) groups is 1. The Morgan fingerprint density at radius 1 is 1.59 bits per heavy atom. The Labute approximate surface area is 97.4 Å². The molecule has 0 aliphatic heterocycles. The zero-order valence-electron chi connectivity index (χ0n) is 9.66. The van der Waals surface area contributed by atoms with Gasteiger partial charge in [-0.3, -0.25) is 4.40 Å². The topological polar surface area (TPSA) is 65.6 Å². The molecule has 0 amide bonds. The molecule has 2 heterocycles. The summed E-state index contributed by atoms with van der Waals surface area (Å²) in [5, 5.41) is 3.96. The first kappa shape index (κ1) is 11.4. The van der Waals surface area contributed by atoms with E-state index in [1.807, 2.05) is 0 Å². The van der Waals surface area contributed by atoms with Crippen molar-refractivity contribution in [3.05, 3.63) is 35.0 Å². The van der Waals surface area contributed by atoms with Gasteiger partial charge in [-0.1, -0.05) is 0 Å². The SMILES string of the molecule is CCOC(=O)[C@@H](C)n1ncc2cccn2c1=O. The van der Waals surface area contributed by atoms with Crippen LogP contribution >= 0.6 is 0 Å². The van der Waals surface area contributed by atoms with Crippen molar-refractivity contribution in [3.63, 3.8) is 0 Å². The van der Waals surface area contributed by atoms with Gasteiger partial charge in [0.25, 0.3) is 0 Å². The number of esters is 1. The van der Waals surface area contributed by atoms with Crippen LogP contribution in [-0.2, 0) is 9.53 Å². The average molecular weight is 235 g/mol. The number of ether oxygens (including phenoxy) is 1. The van der Waals surface area contributed by atoms with E-state index in [-0.39, 0.29) is 12.3 Å². The first-order valence-electron chi connectivity index (χ1n) is 5.36. The quantitative estimate of drug-likeness (QED) is 0.731. The summed E-state index contributed by atoms with van der Waals surface area (Å²) >= 11 is 0. The highest BCUT2D eigenvalue weighted by Crippen LogP contribution is 2.04. The second-order valence-electron chi connectivity index (χ2n) is 3.60. The number of hydrogen-bond donors (Lipinski definition) is 0. The number of carbonyl (C=O) groups excluding carboxylic acids is 1. The summed E-state index contributed by atoms with van der Waals surface area (Å²) in [4.78, 5) is 23.5. The third-order valence-corrected chi connectivity index (χ3v) is 2.49. The van der Waals surface area contributed by atoms with E-state index in [4.69, 9.17) is 4.74 Å². The molecule has 2 rings (SSSR count). The molecule has 0 aliphatic carbocycles. The van der Waals surface area contributed by atoms with Crippen LogP contribution in [0, 0.1) is 0 Å². The third kappa shape index (κ3) is 1.93. The highest BCUT2D eigenvalue weighted by molar-refractivity contribution is 5.73. The largest absolute Gasteiger partial charge is 0.464 e. The lowest BCUT2D eigenvalue weighted by Gasteiger charge is -2.12. The lowest BCUT2D eigenvalue weighted by atomic mass is 10.3. The van der Waals surface area contributed by atoms with Crippen molar-refractivity contribution in [1.82, 2.24) is 14.2 Å². The Morgan fingerprint density at radius 2 is 2.35 bits per heavy atom. The maximum atomic E-state index is 12.0. The first-order chi connectivity index (χ1) is 8.15. The van der Waals surface area contributed by atoms with Crippen LogP contribution in [0.15, 0.2) is 29.3 Å². The van der Waals surface area contributed by atoms with Crippen LogP contribution in [0.2, 0.25) is 0 Å². The summed E-state index contributed by atoms with van der Waals surface area (Å²) in [5.41, 5.74) is 0.343. The highest BCUT2D eigenvalue weighted by Gasteiger charge is 2.19. The third-order valence-electron chi connectivity index (χ3n) is 2.49. The molecule has 90 valence electrons. The molecule has 0 N–H and O–H groups in total. The molecule has 0 bridgehead atoms. The van der Waals surface area contributed by atoms with Crippen molar-refractivity contribution in [1.29, 1.82) is 0 Å². The van der Waals surface area contributed by atoms with Gasteiger partial charge in [0.15, 0.2) is 6.04 Å². The van der Waals surface area contributed by atoms with E-state index in [0.29, 0.717) is 5.52 Å². The smallest absolute Gasteiger partial charge is 0.349 e. The summed E-state index contributed by atoms with van der Waals surface area (Å²) in [7, 11) is 0. The molecule has 2 aromatic rings. The number of aromatic nitrogens is 3. The minimum absolute atomic E-state index is 0.281. The van der Waals surface area contributed by atoms with Gasteiger partial charge in [0.1, 0.15) is 0 Å². The van der Waals surface area contributed by atoms with Crippen molar-refractivity contribution in [3.8, 4) is 0 Å². The average Bonchev–Trinajstić information content (AvgIpc) is 2.78. The van der Waals surface area contributed by atoms with Crippen LogP contribution in [0.4, 0.5) is 0 Å². The van der Waals surface area contributed by atoms with Crippen molar-refractivity contribution >= 4 is 11.5 Å². The Bertz CT molecular complexity index is 599. The van der Waals surface area contributed by atoms with E-state index in [0.717, 1.165) is 4.68 Å². The molecule has 17 heavy (non-hydrogen) atoms. The normalized spacial score (nSPS) is 12.6. The molecule has 0 spiro atoms. The summed E-state index contributed by atoms with van der Waals surface area (Å²) in [6.45, 7) is 3.58. The van der Waals surface area contributed by atoms with Crippen molar-refractivity contribution in [2.75, 3.05) is 6.61 Å². The predicted octanol–water partition coefficient (Wildman–Crippen LogP) is 0.620. The molecule has 0 aromatic carbocycles. The Hall–Kier alpha value is -2.11. The molecular formula is C11H13N3O3. The van der Waals surface area contributed by atoms with Gasteiger partial charge in [0, 0.05) is 6.20 Å². The van der Waals surface area contributed by atoms with E-state index in [2.05, 4.69) is 5.10 Å².